The molecular formula is C29H36Cl2N4O6. The predicted molar refractivity (Wildman–Crippen MR) is 160 cm³/mol. The Hall–Kier alpha value is -2.86. The number of hydrogen-bond donors (Lipinski definition) is 2. The largest absolute Gasteiger partial charge is 0.411 e. The van der Waals surface area contributed by atoms with Gasteiger partial charge >= 0.3 is 0 Å². The van der Waals surface area contributed by atoms with Crippen LogP contribution in [0.3, 0.4) is 0 Å². The summed E-state index contributed by atoms with van der Waals surface area (Å²) < 4.78 is 10.7. The SMILES string of the molecule is Cl.Cl.O=C(/C(CCN1CCOCC1)=N\O)c1ccc2c(c1)Cc1cc(C(=O)/C(CCN3CCOCC3)=N\O)ccc1-2. The number of morpholine rings is 2. The number of Topliss-reactive ketones (excluding diaryl/α,β-unsaturated/α-hetero) is 2. The van der Waals surface area contributed by atoms with Gasteiger partial charge in [-0.25, -0.2) is 0 Å². The van der Waals surface area contributed by atoms with Crippen LogP contribution in [0.2, 0.25) is 0 Å². The van der Waals surface area contributed by atoms with E-state index in [0.29, 0.717) is 69.9 Å². The van der Waals surface area contributed by atoms with Crippen molar-refractivity contribution < 1.29 is 29.5 Å². The molecule has 0 saturated carbocycles. The molecule has 2 fully saturated rings. The summed E-state index contributed by atoms with van der Waals surface area (Å²) in [5.74, 6) is -0.575. The molecule has 3 aliphatic rings. The molecule has 0 radical (unpaired) electrons. The maximum atomic E-state index is 13.1. The summed E-state index contributed by atoms with van der Waals surface area (Å²) in [6, 6.07) is 11.0. The molecule has 0 atom stereocenters. The number of nitrogens with zero attached hydrogens (tertiary/aromatic N) is 4. The molecule has 2 aromatic rings. The molecule has 41 heavy (non-hydrogen) atoms. The highest BCUT2D eigenvalue weighted by atomic mass is 35.5. The van der Waals surface area contributed by atoms with Crippen molar-refractivity contribution in [2.45, 2.75) is 19.3 Å². The summed E-state index contributed by atoms with van der Waals surface area (Å²) in [4.78, 5) is 30.6. The number of rotatable bonds is 10. The molecule has 2 saturated heterocycles. The lowest BCUT2D eigenvalue weighted by Gasteiger charge is -2.26. The zero-order valence-corrected chi connectivity index (χ0v) is 24.4. The molecule has 12 heteroatoms. The first-order chi connectivity index (χ1) is 19.1. The number of hydrogen-bond acceptors (Lipinski definition) is 10. The number of carbonyl (C=O) groups excluding carboxylic acids is 2. The highest BCUT2D eigenvalue weighted by Crippen LogP contribution is 2.37. The van der Waals surface area contributed by atoms with E-state index < -0.39 is 0 Å². The van der Waals surface area contributed by atoms with Crippen LogP contribution in [-0.4, -0.2) is 109 Å². The van der Waals surface area contributed by atoms with Crippen molar-refractivity contribution >= 4 is 47.8 Å². The smallest absolute Gasteiger partial charge is 0.210 e. The van der Waals surface area contributed by atoms with Gasteiger partial charge in [0.15, 0.2) is 0 Å². The lowest BCUT2D eigenvalue weighted by molar-refractivity contribution is 0.0390. The van der Waals surface area contributed by atoms with Gasteiger partial charge in [0.05, 0.1) is 26.4 Å². The summed E-state index contributed by atoms with van der Waals surface area (Å²) >= 11 is 0. The summed E-state index contributed by atoms with van der Waals surface area (Å²) in [7, 11) is 0. The number of halogens is 2. The van der Waals surface area contributed by atoms with Crippen molar-refractivity contribution in [1.29, 1.82) is 0 Å². The standard InChI is InChI=1S/C29H34N4O6.2ClH/c34-28(26(30-36)5-7-32-9-13-38-14-10-32)20-1-3-24-22(17-20)19-23-18-21(2-4-25(23)24)29(35)27(31-37)6-8-33-11-15-39-16-12-33;;/h1-4,17-18,36-37H,5-16,19H2;2*1H/b30-26-,31-27-;;. The first-order valence-corrected chi connectivity index (χ1v) is 13.4. The number of benzene rings is 2. The molecule has 0 bridgehead atoms. The molecule has 0 unspecified atom stereocenters. The Balaban J connectivity index is 0.00000231. The van der Waals surface area contributed by atoms with Crippen LogP contribution in [0, 0.1) is 0 Å². The number of oxime groups is 2. The lowest BCUT2D eigenvalue weighted by atomic mass is 9.97. The highest BCUT2D eigenvalue weighted by Gasteiger charge is 2.25. The average Bonchev–Trinajstić information content (AvgIpc) is 3.35. The van der Waals surface area contributed by atoms with E-state index in [-0.39, 0.29) is 47.8 Å². The van der Waals surface area contributed by atoms with Crippen LogP contribution in [-0.2, 0) is 15.9 Å². The Labute approximate surface area is 251 Å². The van der Waals surface area contributed by atoms with E-state index in [0.717, 1.165) is 48.4 Å². The molecule has 2 aromatic carbocycles. The fourth-order valence-corrected chi connectivity index (χ4v) is 5.42. The Kier molecular flexibility index (Phi) is 12.3. The molecular weight excluding hydrogens is 571 g/mol. The topological polar surface area (TPSA) is 124 Å². The van der Waals surface area contributed by atoms with Crippen molar-refractivity contribution in [1.82, 2.24) is 9.80 Å². The van der Waals surface area contributed by atoms with Gasteiger partial charge in [0.25, 0.3) is 0 Å². The van der Waals surface area contributed by atoms with Gasteiger partial charge in [-0.2, -0.15) is 0 Å². The molecule has 1 aliphatic carbocycles. The zero-order valence-electron chi connectivity index (χ0n) is 22.8. The molecule has 2 aliphatic heterocycles. The summed E-state index contributed by atoms with van der Waals surface area (Å²) in [5, 5.41) is 25.7. The molecule has 0 aromatic heterocycles. The van der Waals surface area contributed by atoms with Crippen LogP contribution < -0.4 is 0 Å². The quantitative estimate of drug-likeness (QED) is 0.155. The maximum Gasteiger partial charge on any atom is 0.210 e. The number of carbonyl (C=O) groups is 2. The monoisotopic (exact) mass is 606 g/mol. The van der Waals surface area contributed by atoms with E-state index in [4.69, 9.17) is 9.47 Å². The van der Waals surface area contributed by atoms with Gasteiger partial charge in [0, 0.05) is 63.2 Å². The van der Waals surface area contributed by atoms with Crippen LogP contribution in [0.25, 0.3) is 11.1 Å². The second kappa shape index (κ2) is 15.4. The minimum atomic E-state index is -0.288. The minimum Gasteiger partial charge on any atom is -0.411 e. The van der Waals surface area contributed by atoms with E-state index in [1.807, 2.05) is 24.3 Å². The highest BCUT2D eigenvalue weighted by molar-refractivity contribution is 6.46. The normalized spacial score (nSPS) is 17.7. The van der Waals surface area contributed by atoms with Gasteiger partial charge in [0.2, 0.25) is 11.6 Å². The second-order valence-electron chi connectivity index (χ2n) is 10.1. The van der Waals surface area contributed by atoms with E-state index in [1.54, 1.807) is 12.1 Å². The van der Waals surface area contributed by atoms with Crippen LogP contribution in [0.15, 0.2) is 46.7 Å². The van der Waals surface area contributed by atoms with Crippen LogP contribution in [0.4, 0.5) is 0 Å². The Morgan fingerprint density at radius 1 is 0.683 bits per heavy atom. The number of ether oxygens (including phenoxy) is 2. The van der Waals surface area contributed by atoms with Gasteiger partial charge in [0.1, 0.15) is 11.4 Å². The van der Waals surface area contributed by atoms with Crippen molar-refractivity contribution in [2.75, 3.05) is 65.7 Å². The fourth-order valence-electron chi connectivity index (χ4n) is 5.42. The van der Waals surface area contributed by atoms with Gasteiger partial charge in [-0.15, -0.1) is 24.8 Å². The van der Waals surface area contributed by atoms with Crippen molar-refractivity contribution in [3.05, 3.63) is 58.7 Å². The minimum absolute atomic E-state index is 0. The number of fused-ring (bicyclic) bond motifs is 3. The third kappa shape index (κ3) is 7.71. The Morgan fingerprint density at radius 2 is 1.07 bits per heavy atom. The first-order valence-electron chi connectivity index (χ1n) is 13.4. The molecule has 0 amide bonds. The lowest BCUT2D eigenvalue weighted by Crippen LogP contribution is -2.38. The van der Waals surface area contributed by atoms with Crippen molar-refractivity contribution in [2.24, 2.45) is 10.3 Å². The van der Waals surface area contributed by atoms with Gasteiger partial charge in [-0.1, -0.05) is 34.6 Å². The van der Waals surface area contributed by atoms with E-state index >= 15 is 0 Å². The Bertz CT molecular complexity index is 1190. The first kappa shape index (κ1) is 32.7. The van der Waals surface area contributed by atoms with Crippen LogP contribution in [0.5, 0.6) is 0 Å². The fraction of sp³-hybridized carbons (Fsp3) is 0.448. The van der Waals surface area contributed by atoms with Gasteiger partial charge in [-0.05, 0) is 40.8 Å². The summed E-state index contributed by atoms with van der Waals surface area (Å²) in [5.41, 5.74) is 5.22. The zero-order chi connectivity index (χ0) is 27.2. The molecule has 5 rings (SSSR count). The van der Waals surface area contributed by atoms with Crippen LogP contribution >= 0.6 is 24.8 Å². The van der Waals surface area contributed by atoms with Gasteiger partial charge < -0.3 is 19.9 Å². The molecule has 0 spiro atoms. The van der Waals surface area contributed by atoms with Crippen molar-refractivity contribution in [3.63, 3.8) is 0 Å². The van der Waals surface area contributed by atoms with E-state index in [9.17, 15) is 20.0 Å². The van der Waals surface area contributed by atoms with Gasteiger partial charge in [-0.3, -0.25) is 19.4 Å². The predicted octanol–water partition coefficient (Wildman–Crippen LogP) is 3.57. The third-order valence-electron chi connectivity index (χ3n) is 7.71. The van der Waals surface area contributed by atoms with E-state index in [1.165, 1.54) is 0 Å². The average molecular weight is 608 g/mol. The summed E-state index contributed by atoms with van der Waals surface area (Å²) in [6.07, 6.45) is 1.29. The van der Waals surface area contributed by atoms with Crippen LogP contribution in [0.1, 0.15) is 44.7 Å². The molecule has 2 N–H and O–H groups in total. The maximum absolute atomic E-state index is 13.1. The molecule has 10 nitrogen and oxygen atoms in total. The second-order valence-corrected chi connectivity index (χ2v) is 10.1. The van der Waals surface area contributed by atoms with Crippen molar-refractivity contribution in [3.8, 4) is 11.1 Å². The molecule has 2 heterocycles. The summed E-state index contributed by atoms with van der Waals surface area (Å²) in [6.45, 7) is 7.13. The van der Waals surface area contributed by atoms with E-state index in [2.05, 4.69) is 20.1 Å². The third-order valence-corrected chi connectivity index (χ3v) is 7.71. The number of ketones is 2. The molecule has 222 valence electrons. The Morgan fingerprint density at radius 3 is 1.44 bits per heavy atom.